The molecule has 1 fully saturated rings. The Labute approximate surface area is 187 Å². The highest BCUT2D eigenvalue weighted by Crippen LogP contribution is 2.40. The van der Waals surface area contributed by atoms with Crippen LogP contribution in [0.25, 0.3) is 5.57 Å². The monoisotopic (exact) mass is 426 g/mol. The zero-order valence-corrected chi connectivity index (χ0v) is 19.6. The van der Waals surface area contributed by atoms with Gasteiger partial charge in [-0.2, -0.15) is 0 Å². The fourth-order valence-electron chi connectivity index (χ4n) is 5.18. The Balaban J connectivity index is 1.30. The maximum Gasteiger partial charge on any atom is 0.0712 e. The summed E-state index contributed by atoms with van der Waals surface area (Å²) >= 11 is 1.91. The van der Waals surface area contributed by atoms with Gasteiger partial charge in [0.1, 0.15) is 0 Å². The predicted octanol–water partition coefficient (Wildman–Crippen LogP) is 5.45. The number of nitrogens with zero attached hydrogens (tertiary/aromatic N) is 1. The van der Waals surface area contributed by atoms with Crippen LogP contribution in [0.3, 0.4) is 0 Å². The van der Waals surface area contributed by atoms with Gasteiger partial charge < -0.3 is 15.3 Å². The summed E-state index contributed by atoms with van der Waals surface area (Å²) in [5.41, 5.74) is 6.34. The van der Waals surface area contributed by atoms with Gasteiger partial charge in [0.05, 0.1) is 5.03 Å². The molecular formula is C26H38N2OS. The lowest BCUT2D eigenvalue weighted by Crippen LogP contribution is -2.42. The molecule has 0 amide bonds. The van der Waals surface area contributed by atoms with Gasteiger partial charge in [0.25, 0.3) is 0 Å². The van der Waals surface area contributed by atoms with Crippen molar-refractivity contribution in [2.24, 2.45) is 0 Å². The summed E-state index contributed by atoms with van der Waals surface area (Å²) in [4.78, 5) is 2.57. The molecule has 0 bridgehead atoms. The Bertz CT molecular complexity index is 790. The number of benzene rings is 1. The van der Waals surface area contributed by atoms with Gasteiger partial charge in [-0.15, -0.1) is 0 Å². The van der Waals surface area contributed by atoms with Crippen LogP contribution in [0.2, 0.25) is 0 Å². The van der Waals surface area contributed by atoms with Crippen LogP contribution in [0.5, 0.6) is 0 Å². The Morgan fingerprint density at radius 1 is 1.20 bits per heavy atom. The van der Waals surface area contributed by atoms with Crippen molar-refractivity contribution in [2.45, 2.75) is 76.7 Å². The van der Waals surface area contributed by atoms with E-state index >= 15 is 0 Å². The van der Waals surface area contributed by atoms with E-state index in [1.165, 1.54) is 48.3 Å². The fourth-order valence-corrected chi connectivity index (χ4v) is 6.18. The Kier molecular flexibility index (Phi) is 7.28. The van der Waals surface area contributed by atoms with E-state index in [1.54, 1.807) is 11.1 Å². The number of hydrogen-bond donors (Lipinski definition) is 2. The smallest absolute Gasteiger partial charge is 0.0712 e. The van der Waals surface area contributed by atoms with Gasteiger partial charge in [-0.3, -0.25) is 0 Å². The highest BCUT2D eigenvalue weighted by atomic mass is 32.2. The molecule has 3 aliphatic rings. The summed E-state index contributed by atoms with van der Waals surface area (Å²) < 4.78 is 0. The van der Waals surface area contributed by atoms with E-state index in [1.807, 2.05) is 11.8 Å². The van der Waals surface area contributed by atoms with Crippen LogP contribution in [0, 0.1) is 0 Å². The van der Waals surface area contributed by atoms with E-state index in [9.17, 15) is 0 Å². The molecule has 0 aromatic heterocycles. The van der Waals surface area contributed by atoms with Crippen molar-refractivity contribution in [1.82, 2.24) is 10.2 Å². The number of likely N-dealkylation sites (tertiary alicyclic amines) is 1. The number of unbranched alkanes of at least 4 members (excludes halogenated alkanes) is 1. The summed E-state index contributed by atoms with van der Waals surface area (Å²) in [5, 5.41) is 16.4. The first kappa shape index (κ1) is 22.0. The zero-order chi connectivity index (χ0) is 21.0. The molecule has 0 spiro atoms. The molecule has 4 heteroatoms. The first-order valence-corrected chi connectivity index (χ1v) is 12.7. The van der Waals surface area contributed by atoms with Crippen LogP contribution in [-0.4, -0.2) is 42.3 Å². The minimum Gasteiger partial charge on any atom is -0.396 e. The second-order valence-electron chi connectivity index (χ2n) is 9.76. The number of aliphatic hydroxyl groups is 1. The molecule has 0 unspecified atom stereocenters. The largest absolute Gasteiger partial charge is 0.396 e. The molecule has 1 aliphatic carbocycles. The number of nitrogens with one attached hydrogen (secondary N) is 1. The Morgan fingerprint density at radius 2 is 2.03 bits per heavy atom. The number of piperidine rings is 1. The molecule has 0 radical (unpaired) electrons. The van der Waals surface area contributed by atoms with E-state index in [-0.39, 0.29) is 0 Å². The molecule has 0 atom stereocenters. The third kappa shape index (κ3) is 5.15. The standard InChI is InChI=1S/C26H38N2OS/c1-26(2)13-5-6-21-18-20(7-9-24(21)26)22-8-10-25(30-19-22)28-15-11-23(12-16-28)27-14-3-4-17-29/h7,9-10,18-19,23,27,29H,3-6,8,11-17H2,1-2H3. The lowest BCUT2D eigenvalue weighted by Gasteiger charge is -2.36. The Morgan fingerprint density at radius 3 is 2.77 bits per heavy atom. The normalized spacial score (nSPS) is 21.8. The van der Waals surface area contributed by atoms with Gasteiger partial charge in [-0.05, 0) is 97.1 Å². The summed E-state index contributed by atoms with van der Waals surface area (Å²) in [5.74, 6) is 0. The predicted molar refractivity (Wildman–Crippen MR) is 130 cm³/mol. The number of hydrogen-bond acceptors (Lipinski definition) is 4. The molecule has 2 heterocycles. The molecule has 164 valence electrons. The van der Waals surface area contributed by atoms with Gasteiger partial charge >= 0.3 is 0 Å². The molecule has 0 saturated carbocycles. The lowest BCUT2D eigenvalue weighted by molar-refractivity contribution is 0.248. The Hall–Kier alpha value is -1.23. The maximum absolute atomic E-state index is 8.90. The van der Waals surface area contributed by atoms with Crippen molar-refractivity contribution >= 4 is 17.3 Å². The molecule has 3 nitrogen and oxygen atoms in total. The van der Waals surface area contributed by atoms with Gasteiger partial charge in [0, 0.05) is 25.7 Å². The van der Waals surface area contributed by atoms with Crippen LogP contribution in [0.1, 0.15) is 75.5 Å². The summed E-state index contributed by atoms with van der Waals surface area (Å²) in [6.45, 7) is 8.42. The molecule has 30 heavy (non-hydrogen) atoms. The molecule has 2 N–H and O–H groups in total. The van der Waals surface area contributed by atoms with Crippen LogP contribution in [0.15, 0.2) is 34.7 Å². The van der Waals surface area contributed by atoms with Crippen LogP contribution in [-0.2, 0) is 11.8 Å². The topological polar surface area (TPSA) is 35.5 Å². The van der Waals surface area contributed by atoms with Crippen LogP contribution >= 0.6 is 11.8 Å². The van der Waals surface area contributed by atoms with Crippen molar-refractivity contribution < 1.29 is 5.11 Å². The molecule has 1 aromatic rings. The minimum absolute atomic E-state index is 0.310. The van der Waals surface area contributed by atoms with E-state index in [0.29, 0.717) is 18.1 Å². The van der Waals surface area contributed by atoms with Gasteiger partial charge in [-0.25, -0.2) is 0 Å². The van der Waals surface area contributed by atoms with E-state index in [4.69, 9.17) is 5.11 Å². The highest BCUT2D eigenvalue weighted by Gasteiger charge is 2.27. The van der Waals surface area contributed by atoms with Gasteiger partial charge in [0.2, 0.25) is 0 Å². The molecule has 1 saturated heterocycles. The highest BCUT2D eigenvalue weighted by molar-refractivity contribution is 8.05. The van der Waals surface area contributed by atoms with Gasteiger partial charge in [0.15, 0.2) is 0 Å². The SMILES string of the molecule is CC1(C)CCCc2cc(C3=CSC(N4CCC(NCCCCO)CC4)=CC3)ccc21. The quantitative estimate of drug-likeness (QED) is 0.569. The van der Waals surface area contributed by atoms with Crippen LogP contribution in [0.4, 0.5) is 0 Å². The number of rotatable bonds is 7. The third-order valence-corrected chi connectivity index (χ3v) is 8.16. The first-order valence-electron chi connectivity index (χ1n) is 11.9. The zero-order valence-electron chi connectivity index (χ0n) is 18.8. The number of fused-ring (bicyclic) bond motifs is 1. The van der Waals surface area contributed by atoms with E-state index in [0.717, 1.165) is 38.9 Å². The van der Waals surface area contributed by atoms with Crippen molar-refractivity contribution in [3.63, 3.8) is 0 Å². The maximum atomic E-state index is 8.90. The van der Waals surface area contributed by atoms with Crippen molar-refractivity contribution in [1.29, 1.82) is 0 Å². The molecular weight excluding hydrogens is 388 g/mol. The lowest BCUT2D eigenvalue weighted by atomic mass is 9.72. The molecule has 1 aromatic carbocycles. The summed E-state index contributed by atoms with van der Waals surface area (Å²) in [6, 6.07) is 7.85. The third-order valence-electron chi connectivity index (χ3n) is 7.10. The average Bonchev–Trinajstić information content (AvgIpc) is 2.77. The molecule has 2 aliphatic heterocycles. The second kappa shape index (κ2) is 9.93. The first-order chi connectivity index (χ1) is 14.6. The van der Waals surface area contributed by atoms with Crippen LogP contribution < -0.4 is 5.32 Å². The summed E-state index contributed by atoms with van der Waals surface area (Å²) in [7, 11) is 0. The number of allylic oxidation sites excluding steroid dienone is 2. The van der Waals surface area contributed by atoms with Crippen molar-refractivity contribution in [2.75, 3.05) is 26.2 Å². The van der Waals surface area contributed by atoms with E-state index in [2.05, 4.69) is 53.7 Å². The van der Waals surface area contributed by atoms with Crippen molar-refractivity contribution in [3.8, 4) is 0 Å². The number of aryl methyl sites for hydroxylation is 1. The van der Waals surface area contributed by atoms with Gasteiger partial charge in [-0.1, -0.05) is 43.8 Å². The fraction of sp³-hybridized carbons (Fsp3) is 0.615. The number of aliphatic hydroxyl groups excluding tert-OH is 1. The summed E-state index contributed by atoms with van der Waals surface area (Å²) in [6.07, 6.45) is 11.8. The minimum atomic E-state index is 0.310. The molecule has 4 rings (SSSR count). The average molecular weight is 427 g/mol. The van der Waals surface area contributed by atoms with Crippen molar-refractivity contribution in [3.05, 3.63) is 51.4 Å². The number of thioether (sulfide) groups is 1. The van der Waals surface area contributed by atoms with E-state index < -0.39 is 0 Å². The second-order valence-corrected chi connectivity index (χ2v) is 10.7.